The molecule has 2 heterocycles. The number of nitrogens with zero attached hydrogens (tertiary/aromatic N) is 3. The molecule has 6 heteroatoms. The molecule has 29 heavy (non-hydrogen) atoms. The molecular formula is C23H24ClFN4. The number of hydrogen-bond donors (Lipinski definition) is 1. The fourth-order valence-corrected chi connectivity index (χ4v) is 4.06. The van der Waals surface area contributed by atoms with Gasteiger partial charge in [-0.2, -0.15) is 0 Å². The highest BCUT2D eigenvalue weighted by molar-refractivity contribution is 6.30. The Balaban J connectivity index is 1.39. The molecule has 0 unspecified atom stereocenters. The molecule has 1 saturated heterocycles. The van der Waals surface area contributed by atoms with Crippen molar-refractivity contribution in [3.63, 3.8) is 0 Å². The summed E-state index contributed by atoms with van der Waals surface area (Å²) in [6.07, 6.45) is 4.86. The number of rotatable bonds is 4. The van der Waals surface area contributed by atoms with Crippen LogP contribution in [0.1, 0.15) is 19.3 Å². The standard InChI is InChI=1S/C23H24ClFN4/c1-26-23(28-19-5-2-17(24)3-6-19)14-16-9-12-29(13-10-16)22-8-11-27-21-7-4-18(25)15-20(21)22/h2-8,11,15-16H,9-10,12-14H2,1H3,(H,26,28). The maximum atomic E-state index is 13.8. The van der Waals surface area contributed by atoms with Crippen LogP contribution in [0, 0.1) is 11.7 Å². The number of benzene rings is 2. The summed E-state index contributed by atoms with van der Waals surface area (Å²) < 4.78 is 13.8. The monoisotopic (exact) mass is 410 g/mol. The minimum atomic E-state index is -0.223. The molecule has 1 aromatic heterocycles. The SMILES string of the molecule is CN=C(CC1CCN(c2ccnc3ccc(F)cc23)CC1)Nc1ccc(Cl)cc1. The van der Waals surface area contributed by atoms with Gasteiger partial charge in [0, 0.05) is 54.5 Å². The van der Waals surface area contributed by atoms with Crippen LogP contribution in [0.5, 0.6) is 0 Å². The van der Waals surface area contributed by atoms with E-state index in [2.05, 4.69) is 20.2 Å². The van der Waals surface area contributed by atoms with Crippen LogP contribution in [0.15, 0.2) is 59.7 Å². The number of hydrogen-bond acceptors (Lipinski definition) is 3. The molecule has 1 aliphatic heterocycles. The lowest BCUT2D eigenvalue weighted by atomic mass is 9.92. The molecule has 0 spiro atoms. The molecule has 0 bridgehead atoms. The maximum absolute atomic E-state index is 13.8. The van der Waals surface area contributed by atoms with Crippen molar-refractivity contribution in [3.8, 4) is 0 Å². The predicted molar refractivity (Wildman–Crippen MR) is 120 cm³/mol. The van der Waals surface area contributed by atoms with Crippen molar-refractivity contribution in [2.45, 2.75) is 19.3 Å². The number of halogens is 2. The van der Waals surface area contributed by atoms with Crippen molar-refractivity contribution in [2.75, 3.05) is 30.4 Å². The topological polar surface area (TPSA) is 40.5 Å². The maximum Gasteiger partial charge on any atom is 0.124 e. The fourth-order valence-electron chi connectivity index (χ4n) is 3.93. The van der Waals surface area contributed by atoms with E-state index in [1.807, 2.05) is 37.4 Å². The van der Waals surface area contributed by atoms with Crippen LogP contribution in [-0.2, 0) is 0 Å². The molecule has 0 aliphatic carbocycles. The zero-order chi connectivity index (χ0) is 20.2. The van der Waals surface area contributed by atoms with E-state index in [1.54, 1.807) is 18.3 Å². The number of anilines is 2. The number of aromatic nitrogens is 1. The first kappa shape index (κ1) is 19.6. The van der Waals surface area contributed by atoms with Crippen molar-refractivity contribution in [1.29, 1.82) is 0 Å². The largest absolute Gasteiger partial charge is 0.371 e. The summed E-state index contributed by atoms with van der Waals surface area (Å²) in [5.41, 5.74) is 2.90. The highest BCUT2D eigenvalue weighted by atomic mass is 35.5. The van der Waals surface area contributed by atoms with Gasteiger partial charge in [0.25, 0.3) is 0 Å². The van der Waals surface area contributed by atoms with Gasteiger partial charge in [-0.05, 0) is 67.3 Å². The molecule has 2 aromatic carbocycles. The molecule has 0 atom stereocenters. The van der Waals surface area contributed by atoms with Gasteiger partial charge in [0.1, 0.15) is 11.7 Å². The lowest BCUT2D eigenvalue weighted by Gasteiger charge is -2.34. The summed E-state index contributed by atoms with van der Waals surface area (Å²) in [6, 6.07) is 14.4. The average molecular weight is 411 g/mol. The number of aliphatic imine (C=N–C) groups is 1. The van der Waals surface area contributed by atoms with Gasteiger partial charge < -0.3 is 10.2 Å². The second kappa shape index (κ2) is 8.78. The summed E-state index contributed by atoms with van der Waals surface area (Å²) in [4.78, 5) is 11.1. The zero-order valence-electron chi connectivity index (χ0n) is 16.4. The van der Waals surface area contributed by atoms with E-state index in [4.69, 9.17) is 11.6 Å². The Labute approximate surface area is 175 Å². The summed E-state index contributed by atoms with van der Waals surface area (Å²) in [5, 5.41) is 5.01. The summed E-state index contributed by atoms with van der Waals surface area (Å²) >= 11 is 5.96. The van der Waals surface area contributed by atoms with Crippen molar-refractivity contribution >= 4 is 39.7 Å². The Bertz CT molecular complexity index is 1010. The van der Waals surface area contributed by atoms with Crippen LogP contribution in [0.2, 0.25) is 5.02 Å². The van der Waals surface area contributed by atoms with Crippen LogP contribution in [0.25, 0.3) is 10.9 Å². The van der Waals surface area contributed by atoms with Crippen LogP contribution in [0.3, 0.4) is 0 Å². The molecule has 0 amide bonds. The number of piperidine rings is 1. The molecule has 3 aromatic rings. The lowest BCUT2D eigenvalue weighted by Crippen LogP contribution is -2.35. The van der Waals surface area contributed by atoms with E-state index in [0.29, 0.717) is 5.92 Å². The fraction of sp³-hybridized carbons (Fsp3) is 0.304. The van der Waals surface area contributed by atoms with Crippen molar-refractivity contribution in [3.05, 3.63) is 65.6 Å². The van der Waals surface area contributed by atoms with Crippen molar-refractivity contribution < 1.29 is 4.39 Å². The molecule has 150 valence electrons. The van der Waals surface area contributed by atoms with Gasteiger partial charge in [-0.1, -0.05) is 11.6 Å². The summed E-state index contributed by atoms with van der Waals surface area (Å²) in [6.45, 7) is 1.89. The van der Waals surface area contributed by atoms with E-state index < -0.39 is 0 Å². The van der Waals surface area contributed by atoms with E-state index in [-0.39, 0.29) is 5.82 Å². The van der Waals surface area contributed by atoms with Gasteiger partial charge in [-0.3, -0.25) is 9.98 Å². The molecule has 4 rings (SSSR count). The first-order valence-corrected chi connectivity index (χ1v) is 10.3. The minimum Gasteiger partial charge on any atom is -0.371 e. The second-order valence-electron chi connectivity index (χ2n) is 7.43. The average Bonchev–Trinajstić information content (AvgIpc) is 2.75. The van der Waals surface area contributed by atoms with E-state index >= 15 is 0 Å². The third kappa shape index (κ3) is 4.67. The number of nitrogens with one attached hydrogen (secondary N) is 1. The minimum absolute atomic E-state index is 0.223. The zero-order valence-corrected chi connectivity index (χ0v) is 17.2. The number of fused-ring (bicyclic) bond motifs is 1. The van der Waals surface area contributed by atoms with E-state index in [9.17, 15) is 4.39 Å². The van der Waals surface area contributed by atoms with Crippen LogP contribution in [0.4, 0.5) is 15.8 Å². The van der Waals surface area contributed by atoms with Crippen molar-refractivity contribution in [2.24, 2.45) is 10.9 Å². The van der Waals surface area contributed by atoms with E-state index in [1.165, 1.54) is 6.07 Å². The van der Waals surface area contributed by atoms with Crippen LogP contribution in [-0.4, -0.2) is 31.0 Å². The molecule has 1 fully saturated rings. The van der Waals surface area contributed by atoms with Gasteiger partial charge in [0.2, 0.25) is 0 Å². The highest BCUT2D eigenvalue weighted by Gasteiger charge is 2.22. The molecule has 1 aliphatic rings. The summed E-state index contributed by atoms with van der Waals surface area (Å²) in [7, 11) is 1.82. The number of pyridine rings is 1. The Morgan fingerprint density at radius 2 is 1.93 bits per heavy atom. The van der Waals surface area contributed by atoms with Crippen LogP contribution < -0.4 is 10.2 Å². The molecule has 1 N–H and O–H groups in total. The quantitative estimate of drug-likeness (QED) is 0.438. The Morgan fingerprint density at radius 1 is 1.17 bits per heavy atom. The second-order valence-corrected chi connectivity index (χ2v) is 7.86. The van der Waals surface area contributed by atoms with E-state index in [0.717, 1.165) is 65.5 Å². The smallest absolute Gasteiger partial charge is 0.124 e. The third-order valence-corrected chi connectivity index (χ3v) is 5.77. The van der Waals surface area contributed by atoms with Gasteiger partial charge in [0.15, 0.2) is 0 Å². The van der Waals surface area contributed by atoms with Gasteiger partial charge in [-0.15, -0.1) is 0 Å². The van der Waals surface area contributed by atoms with Crippen molar-refractivity contribution in [1.82, 2.24) is 4.98 Å². The summed E-state index contributed by atoms with van der Waals surface area (Å²) in [5.74, 6) is 1.33. The highest BCUT2D eigenvalue weighted by Crippen LogP contribution is 2.31. The first-order valence-electron chi connectivity index (χ1n) is 9.90. The Hall–Kier alpha value is -2.66. The molecular weight excluding hydrogens is 387 g/mol. The van der Waals surface area contributed by atoms with Gasteiger partial charge in [0.05, 0.1) is 5.52 Å². The van der Waals surface area contributed by atoms with Crippen LogP contribution >= 0.6 is 11.6 Å². The van der Waals surface area contributed by atoms with Gasteiger partial charge >= 0.3 is 0 Å². The normalized spacial score (nSPS) is 15.7. The Kier molecular flexibility index (Phi) is 5.95. The molecule has 0 radical (unpaired) electrons. The first-order chi connectivity index (χ1) is 14.1. The number of amidine groups is 1. The third-order valence-electron chi connectivity index (χ3n) is 5.52. The van der Waals surface area contributed by atoms with Gasteiger partial charge in [-0.25, -0.2) is 4.39 Å². The Morgan fingerprint density at radius 3 is 2.66 bits per heavy atom. The molecule has 0 saturated carbocycles. The molecule has 4 nitrogen and oxygen atoms in total. The predicted octanol–water partition coefficient (Wildman–Crippen LogP) is 5.77. The lowest BCUT2D eigenvalue weighted by molar-refractivity contribution is 0.418.